The van der Waals surface area contributed by atoms with Gasteiger partial charge in [-0.2, -0.15) is 0 Å². The molecule has 1 amide bonds. The first-order chi connectivity index (χ1) is 13.2. The number of hydrogen-bond acceptors (Lipinski definition) is 5. The minimum absolute atomic E-state index is 0.0492. The summed E-state index contributed by atoms with van der Waals surface area (Å²) in [6, 6.07) is 13.0. The molecular weight excluding hydrogens is 342 g/mol. The molecule has 6 nitrogen and oxygen atoms in total. The molecule has 1 aromatic carbocycles. The standard InChI is InChI=1S/C21H25N3O3/c1-27-19-10-3-2-7-16(19)13-23-20(25)15-24-12-6-8-17(14-24)21(26)18-9-4-5-11-22-18/h2-5,7,9-11,17H,6,8,12-15H2,1H3,(H,23,25). The van der Waals surface area contributed by atoms with Crippen molar-refractivity contribution in [3.63, 3.8) is 0 Å². The first kappa shape index (κ1) is 19.0. The Kier molecular flexibility index (Phi) is 6.54. The van der Waals surface area contributed by atoms with Crippen molar-refractivity contribution < 1.29 is 14.3 Å². The number of nitrogens with one attached hydrogen (secondary N) is 1. The third kappa shape index (κ3) is 5.14. The van der Waals surface area contributed by atoms with Crippen LogP contribution in [0.25, 0.3) is 0 Å². The smallest absolute Gasteiger partial charge is 0.234 e. The van der Waals surface area contributed by atoms with Gasteiger partial charge in [-0.1, -0.05) is 24.3 Å². The van der Waals surface area contributed by atoms with Gasteiger partial charge < -0.3 is 10.1 Å². The molecule has 1 unspecified atom stereocenters. The molecular formula is C21H25N3O3. The maximum Gasteiger partial charge on any atom is 0.234 e. The van der Waals surface area contributed by atoms with E-state index in [1.807, 2.05) is 35.2 Å². The number of amides is 1. The third-order valence-electron chi connectivity index (χ3n) is 4.83. The highest BCUT2D eigenvalue weighted by Gasteiger charge is 2.28. The lowest BCUT2D eigenvalue weighted by Crippen LogP contribution is -2.44. The maximum absolute atomic E-state index is 12.6. The van der Waals surface area contributed by atoms with Crippen molar-refractivity contribution in [2.45, 2.75) is 19.4 Å². The van der Waals surface area contributed by atoms with Gasteiger partial charge in [0.25, 0.3) is 0 Å². The van der Waals surface area contributed by atoms with E-state index in [-0.39, 0.29) is 17.6 Å². The number of ketones is 1. The topological polar surface area (TPSA) is 71.5 Å². The zero-order valence-corrected chi connectivity index (χ0v) is 15.6. The number of aromatic nitrogens is 1. The lowest BCUT2D eigenvalue weighted by atomic mass is 9.92. The first-order valence-electron chi connectivity index (χ1n) is 9.23. The molecule has 27 heavy (non-hydrogen) atoms. The number of para-hydroxylation sites is 1. The Bertz CT molecular complexity index is 779. The molecule has 2 aromatic rings. The fraction of sp³-hybridized carbons (Fsp3) is 0.381. The van der Waals surface area contributed by atoms with E-state index >= 15 is 0 Å². The largest absolute Gasteiger partial charge is 0.496 e. The number of carbonyl (C=O) groups excluding carboxylic acids is 2. The molecule has 2 heterocycles. The van der Waals surface area contributed by atoms with Gasteiger partial charge in [0.05, 0.1) is 13.7 Å². The van der Waals surface area contributed by atoms with Gasteiger partial charge >= 0.3 is 0 Å². The molecule has 1 aliphatic heterocycles. The molecule has 0 spiro atoms. The van der Waals surface area contributed by atoms with Gasteiger partial charge in [-0.25, -0.2) is 0 Å². The van der Waals surface area contributed by atoms with Crippen LogP contribution in [0.1, 0.15) is 28.9 Å². The predicted molar refractivity (Wildman–Crippen MR) is 103 cm³/mol. The highest BCUT2D eigenvalue weighted by Crippen LogP contribution is 2.20. The van der Waals surface area contributed by atoms with E-state index in [1.165, 1.54) is 0 Å². The number of benzene rings is 1. The number of rotatable bonds is 7. The highest BCUT2D eigenvalue weighted by molar-refractivity contribution is 5.96. The van der Waals surface area contributed by atoms with Crippen molar-refractivity contribution >= 4 is 11.7 Å². The normalized spacial score (nSPS) is 17.3. The molecule has 6 heteroatoms. The number of nitrogens with zero attached hydrogens (tertiary/aromatic N) is 2. The van der Waals surface area contributed by atoms with Crippen LogP contribution in [-0.2, 0) is 11.3 Å². The van der Waals surface area contributed by atoms with Crippen LogP contribution >= 0.6 is 0 Å². The Morgan fingerprint density at radius 1 is 1.22 bits per heavy atom. The second-order valence-corrected chi connectivity index (χ2v) is 6.74. The molecule has 1 aromatic heterocycles. The van der Waals surface area contributed by atoms with Gasteiger partial charge in [0.2, 0.25) is 5.91 Å². The Balaban J connectivity index is 1.51. The second kappa shape index (κ2) is 9.28. The number of methoxy groups -OCH3 is 1. The lowest BCUT2D eigenvalue weighted by molar-refractivity contribution is -0.122. The van der Waals surface area contributed by atoms with Crippen LogP contribution in [0.15, 0.2) is 48.7 Å². The van der Waals surface area contributed by atoms with Gasteiger partial charge in [-0.3, -0.25) is 19.5 Å². The van der Waals surface area contributed by atoms with Crippen molar-refractivity contribution in [3.8, 4) is 5.75 Å². The Labute approximate surface area is 159 Å². The van der Waals surface area contributed by atoms with Crippen molar-refractivity contribution in [3.05, 3.63) is 59.9 Å². The molecule has 3 rings (SSSR count). The minimum atomic E-state index is -0.101. The lowest BCUT2D eigenvalue weighted by Gasteiger charge is -2.31. The Morgan fingerprint density at radius 3 is 2.81 bits per heavy atom. The molecule has 0 radical (unpaired) electrons. The number of likely N-dealkylation sites (tertiary alicyclic amines) is 1. The number of carbonyl (C=O) groups is 2. The van der Waals surface area contributed by atoms with Crippen LogP contribution in [0.3, 0.4) is 0 Å². The average Bonchev–Trinajstić information content (AvgIpc) is 2.72. The average molecular weight is 367 g/mol. The molecule has 0 bridgehead atoms. The summed E-state index contributed by atoms with van der Waals surface area (Å²) in [6.07, 6.45) is 3.39. The van der Waals surface area contributed by atoms with Crippen LogP contribution in [0.4, 0.5) is 0 Å². The van der Waals surface area contributed by atoms with Crippen LogP contribution in [0.2, 0.25) is 0 Å². The van der Waals surface area contributed by atoms with Crippen LogP contribution < -0.4 is 10.1 Å². The molecule has 1 aliphatic rings. The summed E-state index contributed by atoms with van der Waals surface area (Å²) >= 11 is 0. The molecule has 142 valence electrons. The van der Waals surface area contributed by atoms with Crippen molar-refractivity contribution in [1.82, 2.24) is 15.2 Å². The van der Waals surface area contributed by atoms with Gasteiger partial charge in [0.1, 0.15) is 11.4 Å². The zero-order valence-electron chi connectivity index (χ0n) is 15.6. The summed E-state index contributed by atoms with van der Waals surface area (Å²) in [5.74, 6) is 0.675. The number of piperidine rings is 1. The summed E-state index contributed by atoms with van der Waals surface area (Å²) in [4.78, 5) is 31.2. The fourth-order valence-electron chi connectivity index (χ4n) is 3.43. The van der Waals surface area contributed by atoms with E-state index in [0.29, 0.717) is 25.3 Å². The van der Waals surface area contributed by atoms with E-state index in [0.717, 1.165) is 30.7 Å². The van der Waals surface area contributed by atoms with E-state index in [1.54, 1.807) is 25.4 Å². The van der Waals surface area contributed by atoms with Crippen molar-refractivity contribution in [2.24, 2.45) is 5.92 Å². The Morgan fingerprint density at radius 2 is 2.04 bits per heavy atom. The molecule has 1 fully saturated rings. The van der Waals surface area contributed by atoms with Crippen LogP contribution in [-0.4, -0.2) is 48.3 Å². The number of hydrogen-bond donors (Lipinski definition) is 1. The summed E-state index contributed by atoms with van der Waals surface area (Å²) in [7, 11) is 1.62. The van der Waals surface area contributed by atoms with E-state index in [9.17, 15) is 9.59 Å². The van der Waals surface area contributed by atoms with Gasteiger partial charge in [0, 0.05) is 30.8 Å². The summed E-state index contributed by atoms with van der Waals surface area (Å²) in [5.41, 5.74) is 1.44. The zero-order chi connectivity index (χ0) is 19.1. The summed E-state index contributed by atoms with van der Waals surface area (Å²) in [5, 5.41) is 2.94. The molecule has 0 aliphatic carbocycles. The molecule has 1 N–H and O–H groups in total. The van der Waals surface area contributed by atoms with E-state index in [4.69, 9.17) is 4.74 Å². The van der Waals surface area contributed by atoms with Gasteiger partial charge in [0.15, 0.2) is 5.78 Å². The number of pyridine rings is 1. The number of Topliss-reactive ketones (excluding diaryl/α,β-unsaturated/α-hetero) is 1. The molecule has 0 saturated carbocycles. The van der Waals surface area contributed by atoms with E-state index < -0.39 is 0 Å². The third-order valence-corrected chi connectivity index (χ3v) is 4.83. The van der Waals surface area contributed by atoms with Gasteiger partial charge in [-0.15, -0.1) is 0 Å². The van der Waals surface area contributed by atoms with Crippen molar-refractivity contribution in [2.75, 3.05) is 26.7 Å². The van der Waals surface area contributed by atoms with Crippen LogP contribution in [0, 0.1) is 5.92 Å². The summed E-state index contributed by atoms with van der Waals surface area (Å²) < 4.78 is 5.30. The summed E-state index contributed by atoms with van der Waals surface area (Å²) in [6.45, 7) is 2.14. The quantitative estimate of drug-likeness (QED) is 0.761. The number of ether oxygens (including phenoxy) is 1. The first-order valence-corrected chi connectivity index (χ1v) is 9.23. The maximum atomic E-state index is 12.6. The monoisotopic (exact) mass is 367 g/mol. The minimum Gasteiger partial charge on any atom is -0.496 e. The highest BCUT2D eigenvalue weighted by atomic mass is 16.5. The van der Waals surface area contributed by atoms with Crippen LogP contribution in [0.5, 0.6) is 5.75 Å². The molecule has 1 atom stereocenters. The SMILES string of the molecule is COc1ccccc1CNC(=O)CN1CCCC(C(=O)c2ccccn2)C1. The predicted octanol–water partition coefficient (Wildman–Crippen LogP) is 2.30. The molecule has 1 saturated heterocycles. The fourth-order valence-corrected chi connectivity index (χ4v) is 3.43. The van der Waals surface area contributed by atoms with Crippen molar-refractivity contribution in [1.29, 1.82) is 0 Å². The second-order valence-electron chi connectivity index (χ2n) is 6.74. The Hall–Kier alpha value is -2.73. The van der Waals surface area contributed by atoms with Gasteiger partial charge in [-0.05, 0) is 37.6 Å². The van der Waals surface area contributed by atoms with E-state index in [2.05, 4.69) is 10.3 Å².